The highest BCUT2D eigenvalue weighted by molar-refractivity contribution is 7.89. The van der Waals surface area contributed by atoms with E-state index in [2.05, 4.69) is 4.72 Å². The molecule has 1 aromatic heterocycles. The Morgan fingerprint density at radius 1 is 1.15 bits per heavy atom. The topological polar surface area (TPSA) is 88.9 Å². The second kappa shape index (κ2) is 7.61. The zero-order valence-electron chi connectivity index (χ0n) is 14.7. The van der Waals surface area contributed by atoms with Gasteiger partial charge in [-0.2, -0.15) is 0 Å². The summed E-state index contributed by atoms with van der Waals surface area (Å²) in [4.78, 5) is 14.5. The van der Waals surface area contributed by atoms with Crippen molar-refractivity contribution < 1.29 is 22.4 Å². The molecule has 1 aliphatic heterocycles. The normalized spacial score (nSPS) is 20.9. The molecule has 2 heterocycles. The highest BCUT2D eigenvalue weighted by Gasteiger charge is 2.26. The van der Waals surface area contributed by atoms with Gasteiger partial charge in [-0.05, 0) is 50.2 Å². The first-order chi connectivity index (χ1) is 12.3. The fourth-order valence-corrected chi connectivity index (χ4v) is 3.96. The van der Waals surface area contributed by atoms with Gasteiger partial charge in [-0.3, -0.25) is 4.79 Å². The highest BCUT2D eigenvalue weighted by Crippen LogP contribution is 2.17. The van der Waals surface area contributed by atoms with E-state index >= 15 is 0 Å². The quantitative estimate of drug-likeness (QED) is 0.860. The summed E-state index contributed by atoms with van der Waals surface area (Å²) in [7, 11) is -3.68. The average molecular weight is 378 g/mol. The molecule has 26 heavy (non-hydrogen) atoms. The maximum absolute atomic E-state index is 12.6. The van der Waals surface area contributed by atoms with E-state index < -0.39 is 10.0 Å². The molecule has 140 valence electrons. The van der Waals surface area contributed by atoms with E-state index in [0.29, 0.717) is 24.4 Å². The van der Waals surface area contributed by atoms with Crippen molar-refractivity contribution in [3.8, 4) is 0 Å². The molecule has 0 aliphatic carbocycles. The van der Waals surface area contributed by atoms with E-state index in [9.17, 15) is 13.2 Å². The van der Waals surface area contributed by atoms with Crippen molar-refractivity contribution in [3.05, 3.63) is 54.0 Å². The first-order valence-corrected chi connectivity index (χ1v) is 9.90. The second-order valence-electron chi connectivity index (χ2n) is 6.40. The van der Waals surface area contributed by atoms with E-state index in [1.165, 1.54) is 30.5 Å². The van der Waals surface area contributed by atoms with Crippen molar-refractivity contribution >= 4 is 15.9 Å². The van der Waals surface area contributed by atoms with Crippen LogP contribution in [0.5, 0.6) is 0 Å². The maximum atomic E-state index is 12.6. The van der Waals surface area contributed by atoms with Crippen molar-refractivity contribution in [2.45, 2.75) is 37.5 Å². The number of nitrogens with one attached hydrogen (secondary N) is 1. The molecule has 2 unspecified atom stereocenters. The van der Waals surface area contributed by atoms with Gasteiger partial charge in [-0.25, -0.2) is 13.1 Å². The molecule has 2 atom stereocenters. The van der Waals surface area contributed by atoms with Crippen LogP contribution in [0.3, 0.4) is 0 Å². The zero-order valence-corrected chi connectivity index (χ0v) is 15.5. The first kappa shape index (κ1) is 18.6. The Morgan fingerprint density at radius 3 is 2.38 bits per heavy atom. The van der Waals surface area contributed by atoms with Crippen molar-refractivity contribution in [1.29, 1.82) is 0 Å². The Hall–Kier alpha value is -2.16. The van der Waals surface area contributed by atoms with E-state index in [1.54, 1.807) is 17.0 Å². The Bertz CT molecular complexity index is 836. The number of nitrogens with zero attached hydrogens (tertiary/aromatic N) is 1. The van der Waals surface area contributed by atoms with Crippen LogP contribution in [0.4, 0.5) is 0 Å². The molecule has 1 aliphatic rings. The van der Waals surface area contributed by atoms with E-state index in [0.717, 1.165) is 0 Å². The molecule has 1 fully saturated rings. The molecule has 0 radical (unpaired) electrons. The van der Waals surface area contributed by atoms with Crippen LogP contribution in [0.15, 0.2) is 52.0 Å². The largest absolute Gasteiger partial charge is 0.468 e. The third-order valence-corrected chi connectivity index (χ3v) is 5.55. The third kappa shape index (κ3) is 4.32. The second-order valence-corrected chi connectivity index (χ2v) is 8.16. The Morgan fingerprint density at radius 2 is 1.81 bits per heavy atom. The summed E-state index contributed by atoms with van der Waals surface area (Å²) in [5.74, 6) is 0.399. The zero-order chi connectivity index (χ0) is 18.7. The minimum Gasteiger partial charge on any atom is -0.468 e. The van der Waals surface area contributed by atoms with E-state index in [-0.39, 0.29) is 29.6 Å². The summed E-state index contributed by atoms with van der Waals surface area (Å²) in [6, 6.07) is 9.32. The number of carbonyl (C=O) groups is 1. The van der Waals surface area contributed by atoms with Gasteiger partial charge < -0.3 is 14.1 Å². The molecule has 0 spiro atoms. The minimum atomic E-state index is -3.68. The fourth-order valence-electron chi connectivity index (χ4n) is 2.97. The Labute approximate surface area is 153 Å². The van der Waals surface area contributed by atoms with Crippen LogP contribution in [0.25, 0.3) is 0 Å². The van der Waals surface area contributed by atoms with Crippen molar-refractivity contribution in [1.82, 2.24) is 9.62 Å². The molecule has 8 heteroatoms. The predicted molar refractivity (Wildman–Crippen MR) is 95.1 cm³/mol. The lowest BCUT2D eigenvalue weighted by Crippen LogP contribution is -2.48. The van der Waals surface area contributed by atoms with E-state index in [4.69, 9.17) is 9.15 Å². The summed E-state index contributed by atoms with van der Waals surface area (Å²) >= 11 is 0. The molecule has 2 aromatic rings. The highest BCUT2D eigenvalue weighted by atomic mass is 32.2. The molecule has 3 rings (SSSR count). The SMILES string of the molecule is CC1CN(C(=O)c2ccc(S(=O)(=O)NCc3ccco3)cc2)CC(C)O1. The van der Waals surface area contributed by atoms with Crippen LogP contribution in [0.1, 0.15) is 30.0 Å². The number of ether oxygens (including phenoxy) is 1. The standard InChI is InChI=1S/C18H22N2O5S/c1-13-11-20(12-14(2)25-13)18(21)15-5-7-17(8-6-15)26(22,23)19-10-16-4-3-9-24-16/h3-9,13-14,19H,10-12H2,1-2H3. The van der Waals surface area contributed by atoms with Crippen molar-refractivity contribution in [2.75, 3.05) is 13.1 Å². The summed E-state index contributed by atoms with van der Waals surface area (Å²) in [5, 5.41) is 0. The van der Waals surface area contributed by atoms with Gasteiger partial charge in [0.25, 0.3) is 5.91 Å². The molecule has 1 aromatic carbocycles. The number of benzene rings is 1. The lowest BCUT2D eigenvalue weighted by Gasteiger charge is -2.35. The molecular formula is C18H22N2O5S. The molecule has 0 bridgehead atoms. The number of hydrogen-bond acceptors (Lipinski definition) is 5. The van der Waals surface area contributed by atoms with Crippen LogP contribution in [0, 0.1) is 0 Å². The van der Waals surface area contributed by atoms with Crippen LogP contribution in [0.2, 0.25) is 0 Å². The fraction of sp³-hybridized carbons (Fsp3) is 0.389. The van der Waals surface area contributed by atoms with Gasteiger partial charge in [-0.15, -0.1) is 0 Å². The molecule has 0 saturated carbocycles. The number of amides is 1. The van der Waals surface area contributed by atoms with Gasteiger partial charge >= 0.3 is 0 Å². The smallest absolute Gasteiger partial charge is 0.254 e. The molecular weight excluding hydrogens is 356 g/mol. The number of hydrogen-bond donors (Lipinski definition) is 1. The van der Waals surface area contributed by atoms with Crippen LogP contribution in [-0.4, -0.2) is 44.5 Å². The Kier molecular flexibility index (Phi) is 5.45. The molecule has 1 saturated heterocycles. The number of carbonyl (C=O) groups excluding carboxylic acids is 1. The summed E-state index contributed by atoms with van der Waals surface area (Å²) < 4.78 is 37.9. The van der Waals surface area contributed by atoms with Crippen molar-refractivity contribution in [2.24, 2.45) is 0 Å². The molecule has 1 N–H and O–H groups in total. The monoisotopic (exact) mass is 378 g/mol. The lowest BCUT2D eigenvalue weighted by atomic mass is 10.1. The summed E-state index contributed by atoms with van der Waals surface area (Å²) in [6.07, 6.45) is 1.44. The summed E-state index contributed by atoms with van der Waals surface area (Å²) in [6.45, 7) is 4.97. The van der Waals surface area contributed by atoms with Gasteiger partial charge in [0, 0.05) is 18.7 Å². The van der Waals surface area contributed by atoms with Crippen molar-refractivity contribution in [3.63, 3.8) is 0 Å². The number of furan rings is 1. The van der Waals surface area contributed by atoms with Crippen LogP contribution < -0.4 is 4.72 Å². The number of rotatable bonds is 5. The van der Waals surface area contributed by atoms with Crippen LogP contribution >= 0.6 is 0 Å². The average Bonchev–Trinajstić information content (AvgIpc) is 3.12. The Balaban J connectivity index is 1.68. The molecule has 7 nitrogen and oxygen atoms in total. The summed E-state index contributed by atoms with van der Waals surface area (Å²) in [5.41, 5.74) is 0.455. The minimum absolute atomic E-state index is 0.0202. The van der Waals surface area contributed by atoms with Crippen LogP contribution in [-0.2, 0) is 21.3 Å². The predicted octanol–water partition coefficient (Wildman–Crippen LogP) is 2.01. The maximum Gasteiger partial charge on any atom is 0.254 e. The lowest BCUT2D eigenvalue weighted by molar-refractivity contribution is -0.0586. The number of sulfonamides is 1. The van der Waals surface area contributed by atoms with Gasteiger partial charge in [0.1, 0.15) is 5.76 Å². The first-order valence-electron chi connectivity index (χ1n) is 8.42. The van der Waals surface area contributed by atoms with Gasteiger partial charge in [-0.1, -0.05) is 0 Å². The van der Waals surface area contributed by atoms with Gasteiger partial charge in [0.2, 0.25) is 10.0 Å². The third-order valence-electron chi connectivity index (χ3n) is 4.13. The van der Waals surface area contributed by atoms with E-state index in [1.807, 2.05) is 13.8 Å². The van der Waals surface area contributed by atoms with Gasteiger partial charge in [0.15, 0.2) is 0 Å². The van der Waals surface area contributed by atoms with Gasteiger partial charge in [0.05, 0.1) is 29.9 Å². The number of morpholine rings is 1. The molecule has 1 amide bonds.